The summed E-state index contributed by atoms with van der Waals surface area (Å²) in [5.74, 6) is 0. The number of hydrogen-bond acceptors (Lipinski definition) is 3. The summed E-state index contributed by atoms with van der Waals surface area (Å²) in [6.07, 6.45) is 3.16. The highest BCUT2D eigenvalue weighted by Gasteiger charge is 2.24. The Kier molecular flexibility index (Phi) is 4.93. The Hall–Kier alpha value is -0.870. The molecule has 0 aromatic heterocycles. The molecule has 0 aliphatic rings. The minimum absolute atomic E-state index is 0.462. The monoisotopic (exact) mass is 269 g/mol. The Morgan fingerprint density at radius 3 is 2.17 bits per heavy atom. The van der Waals surface area contributed by atoms with E-state index >= 15 is 0 Å². The molecule has 0 saturated carbocycles. The van der Waals surface area contributed by atoms with Crippen LogP contribution < -0.4 is 5.73 Å². The number of sulfone groups is 1. The second-order valence-electron chi connectivity index (χ2n) is 4.80. The predicted octanol–water partition coefficient (Wildman–Crippen LogP) is 2.24. The van der Waals surface area contributed by atoms with Crippen LogP contribution in [0, 0.1) is 0 Å². The Bertz CT molecular complexity index is 509. The second kappa shape index (κ2) is 5.85. The molecule has 1 aromatic carbocycles. The molecule has 0 fully saturated rings. The van der Waals surface area contributed by atoms with Gasteiger partial charge in [0.1, 0.15) is 0 Å². The third kappa shape index (κ3) is 3.33. The van der Waals surface area contributed by atoms with Gasteiger partial charge in [0.15, 0.2) is 9.84 Å². The molecule has 1 aromatic rings. The van der Waals surface area contributed by atoms with Gasteiger partial charge in [-0.05, 0) is 36.5 Å². The van der Waals surface area contributed by atoms with Crippen LogP contribution in [-0.4, -0.2) is 19.9 Å². The van der Waals surface area contributed by atoms with Crippen LogP contribution in [0.15, 0.2) is 18.2 Å². The van der Waals surface area contributed by atoms with E-state index in [9.17, 15) is 8.42 Å². The summed E-state index contributed by atoms with van der Waals surface area (Å²) in [5, 5.41) is -0.560. The summed E-state index contributed by atoms with van der Waals surface area (Å²) in [6.45, 7) is 5.89. The number of hydrogen-bond donors (Lipinski definition) is 1. The van der Waals surface area contributed by atoms with Crippen LogP contribution in [0.5, 0.6) is 0 Å². The molecular formula is C14H23NO2S. The number of benzene rings is 1. The standard InChI is InChI=1S/C14H23NO2S/c1-5-11-7-8-13(9-12(11)6-2)14(15)10(3)18(4,16)17/h7-10,14H,5-6,15H2,1-4H3. The smallest absolute Gasteiger partial charge is 0.151 e. The van der Waals surface area contributed by atoms with E-state index in [0.29, 0.717) is 0 Å². The van der Waals surface area contributed by atoms with Crippen molar-refractivity contribution in [3.8, 4) is 0 Å². The summed E-state index contributed by atoms with van der Waals surface area (Å²) in [4.78, 5) is 0. The fourth-order valence-corrected chi connectivity index (χ4v) is 2.75. The molecule has 0 aliphatic carbocycles. The Labute approximate surface area is 110 Å². The van der Waals surface area contributed by atoms with Crippen molar-refractivity contribution in [2.24, 2.45) is 5.73 Å². The molecule has 1 rings (SSSR count). The summed E-state index contributed by atoms with van der Waals surface area (Å²) < 4.78 is 23.1. The third-order valence-corrected chi connectivity index (χ3v) is 5.20. The minimum Gasteiger partial charge on any atom is -0.323 e. The van der Waals surface area contributed by atoms with Crippen molar-refractivity contribution in [1.82, 2.24) is 0 Å². The largest absolute Gasteiger partial charge is 0.323 e. The van der Waals surface area contributed by atoms with E-state index in [1.807, 2.05) is 12.1 Å². The van der Waals surface area contributed by atoms with E-state index in [1.165, 1.54) is 17.4 Å². The second-order valence-corrected chi connectivity index (χ2v) is 7.20. The lowest BCUT2D eigenvalue weighted by atomic mass is 9.96. The first-order valence-electron chi connectivity index (χ1n) is 6.37. The van der Waals surface area contributed by atoms with Crippen molar-refractivity contribution in [2.75, 3.05) is 6.26 Å². The topological polar surface area (TPSA) is 60.2 Å². The summed E-state index contributed by atoms with van der Waals surface area (Å²) in [6, 6.07) is 5.59. The van der Waals surface area contributed by atoms with E-state index in [1.54, 1.807) is 6.92 Å². The quantitative estimate of drug-likeness (QED) is 0.892. The van der Waals surface area contributed by atoms with Crippen molar-refractivity contribution < 1.29 is 8.42 Å². The zero-order chi connectivity index (χ0) is 13.9. The van der Waals surface area contributed by atoms with Gasteiger partial charge in [0, 0.05) is 12.3 Å². The van der Waals surface area contributed by atoms with Crippen LogP contribution in [0.3, 0.4) is 0 Å². The Morgan fingerprint density at radius 2 is 1.72 bits per heavy atom. The summed E-state index contributed by atoms with van der Waals surface area (Å²) in [7, 11) is -3.11. The van der Waals surface area contributed by atoms with Gasteiger partial charge >= 0.3 is 0 Å². The Morgan fingerprint density at radius 1 is 1.17 bits per heavy atom. The third-order valence-electron chi connectivity index (χ3n) is 3.56. The molecule has 3 nitrogen and oxygen atoms in total. The van der Waals surface area contributed by atoms with Crippen molar-refractivity contribution in [3.63, 3.8) is 0 Å². The van der Waals surface area contributed by atoms with Gasteiger partial charge in [-0.15, -0.1) is 0 Å². The first-order chi connectivity index (χ1) is 8.31. The lowest BCUT2D eigenvalue weighted by molar-refractivity contribution is 0.570. The first-order valence-corrected chi connectivity index (χ1v) is 8.32. The fourth-order valence-electron chi connectivity index (χ4n) is 2.06. The lowest BCUT2D eigenvalue weighted by Gasteiger charge is -2.20. The molecule has 0 aliphatic heterocycles. The van der Waals surface area contributed by atoms with Crippen LogP contribution in [0.2, 0.25) is 0 Å². The van der Waals surface area contributed by atoms with Crippen LogP contribution in [-0.2, 0) is 22.7 Å². The number of nitrogens with two attached hydrogens (primary N) is 1. The molecule has 0 spiro atoms. The zero-order valence-corrected chi connectivity index (χ0v) is 12.4. The van der Waals surface area contributed by atoms with E-state index in [-0.39, 0.29) is 0 Å². The fraction of sp³-hybridized carbons (Fsp3) is 0.571. The van der Waals surface area contributed by atoms with E-state index in [4.69, 9.17) is 5.73 Å². The van der Waals surface area contributed by atoms with Gasteiger partial charge in [-0.2, -0.15) is 0 Å². The molecule has 2 unspecified atom stereocenters. The average Bonchev–Trinajstić information content (AvgIpc) is 2.34. The number of rotatable bonds is 5. The van der Waals surface area contributed by atoms with Gasteiger partial charge in [-0.25, -0.2) is 8.42 Å². The SMILES string of the molecule is CCc1ccc(C(N)C(C)S(C)(=O)=O)cc1CC. The lowest BCUT2D eigenvalue weighted by Crippen LogP contribution is -2.30. The maximum absolute atomic E-state index is 11.5. The highest BCUT2D eigenvalue weighted by molar-refractivity contribution is 7.91. The summed E-state index contributed by atoms with van der Waals surface area (Å²) >= 11 is 0. The minimum atomic E-state index is -3.11. The summed E-state index contributed by atoms with van der Waals surface area (Å²) in [5.41, 5.74) is 9.53. The number of aryl methyl sites for hydroxylation is 2. The van der Waals surface area contributed by atoms with Crippen molar-refractivity contribution in [2.45, 2.75) is 44.9 Å². The first kappa shape index (κ1) is 15.2. The molecule has 2 N–H and O–H groups in total. The molecule has 0 heterocycles. The van der Waals surface area contributed by atoms with Crippen molar-refractivity contribution in [3.05, 3.63) is 34.9 Å². The van der Waals surface area contributed by atoms with Gasteiger partial charge in [0.25, 0.3) is 0 Å². The van der Waals surface area contributed by atoms with Crippen LogP contribution in [0.4, 0.5) is 0 Å². The molecule has 4 heteroatoms. The average molecular weight is 269 g/mol. The predicted molar refractivity (Wildman–Crippen MR) is 76.4 cm³/mol. The highest BCUT2D eigenvalue weighted by atomic mass is 32.2. The van der Waals surface area contributed by atoms with Crippen LogP contribution in [0.1, 0.15) is 43.5 Å². The maximum atomic E-state index is 11.5. The van der Waals surface area contributed by atoms with E-state index in [2.05, 4.69) is 19.9 Å². The highest BCUT2D eigenvalue weighted by Crippen LogP contribution is 2.22. The molecular weight excluding hydrogens is 246 g/mol. The van der Waals surface area contributed by atoms with Gasteiger partial charge in [0.05, 0.1) is 5.25 Å². The molecule has 18 heavy (non-hydrogen) atoms. The zero-order valence-electron chi connectivity index (χ0n) is 11.6. The molecule has 0 amide bonds. The van der Waals surface area contributed by atoms with Crippen LogP contribution >= 0.6 is 0 Å². The van der Waals surface area contributed by atoms with Crippen molar-refractivity contribution in [1.29, 1.82) is 0 Å². The maximum Gasteiger partial charge on any atom is 0.151 e. The molecule has 0 radical (unpaired) electrons. The van der Waals surface area contributed by atoms with E-state index in [0.717, 1.165) is 18.4 Å². The van der Waals surface area contributed by atoms with Crippen molar-refractivity contribution >= 4 is 9.84 Å². The van der Waals surface area contributed by atoms with Crippen LogP contribution in [0.25, 0.3) is 0 Å². The Balaban J connectivity index is 3.11. The molecule has 0 saturated heterocycles. The van der Waals surface area contributed by atoms with Gasteiger partial charge in [-0.1, -0.05) is 32.0 Å². The molecule has 2 atom stereocenters. The van der Waals surface area contributed by atoms with Gasteiger partial charge < -0.3 is 5.73 Å². The normalized spacial score (nSPS) is 15.4. The van der Waals surface area contributed by atoms with Gasteiger partial charge in [-0.3, -0.25) is 0 Å². The molecule has 102 valence electrons. The van der Waals surface area contributed by atoms with E-state index < -0.39 is 21.1 Å². The van der Waals surface area contributed by atoms with Gasteiger partial charge in [0.2, 0.25) is 0 Å². The molecule has 0 bridgehead atoms.